The zero-order valence-corrected chi connectivity index (χ0v) is 17.9. The van der Waals surface area contributed by atoms with Gasteiger partial charge < -0.3 is 9.30 Å². The quantitative estimate of drug-likeness (QED) is 0.504. The van der Waals surface area contributed by atoms with Crippen LogP contribution in [0.4, 0.5) is 0 Å². The summed E-state index contributed by atoms with van der Waals surface area (Å²) in [5.74, 6) is 0.220. The molecule has 2 heterocycles. The molecule has 2 aliphatic rings. The van der Waals surface area contributed by atoms with Gasteiger partial charge in [-0.15, -0.1) is 0 Å². The van der Waals surface area contributed by atoms with E-state index in [1.807, 2.05) is 26.4 Å². The number of carbonyl (C=O) groups excluding carboxylic acids is 1. The number of carbonyl (C=O) groups is 1. The Morgan fingerprint density at radius 1 is 1.28 bits per heavy atom. The standard InChI is InChI=1S/C23H30ClN3O2/c1-15(2)22(26-24)23(28)29-21(16-8-4-3-5-9-16)12-19-17-10-6-7-11-18(17)20-13-25-14-27(19)20/h6-7,10-11,13-16,19,21-22,26H,3-5,8-9,12H2,1-2H3. The van der Waals surface area contributed by atoms with Crippen LogP contribution in [0.15, 0.2) is 36.8 Å². The van der Waals surface area contributed by atoms with Crippen molar-refractivity contribution in [2.75, 3.05) is 0 Å². The second-order valence-electron chi connectivity index (χ2n) is 8.73. The lowest BCUT2D eigenvalue weighted by molar-refractivity contribution is -0.156. The predicted octanol–water partition coefficient (Wildman–Crippen LogP) is 5.10. The van der Waals surface area contributed by atoms with Crippen LogP contribution in [-0.4, -0.2) is 27.7 Å². The van der Waals surface area contributed by atoms with Crippen LogP contribution in [0.3, 0.4) is 0 Å². The summed E-state index contributed by atoms with van der Waals surface area (Å²) in [6.07, 6.45) is 10.4. The second kappa shape index (κ2) is 8.88. The van der Waals surface area contributed by atoms with Crippen molar-refractivity contribution < 1.29 is 9.53 Å². The molecule has 0 bridgehead atoms. The number of esters is 1. The van der Waals surface area contributed by atoms with E-state index in [9.17, 15) is 4.79 Å². The van der Waals surface area contributed by atoms with Crippen molar-refractivity contribution in [1.82, 2.24) is 14.4 Å². The summed E-state index contributed by atoms with van der Waals surface area (Å²) < 4.78 is 8.38. The molecule has 0 saturated heterocycles. The van der Waals surface area contributed by atoms with Gasteiger partial charge in [-0.2, -0.15) is 0 Å². The Hall–Kier alpha value is -1.85. The van der Waals surface area contributed by atoms with Crippen LogP contribution in [-0.2, 0) is 9.53 Å². The number of hydrogen-bond donors (Lipinski definition) is 1. The number of nitrogens with zero attached hydrogens (tertiary/aromatic N) is 2. The Morgan fingerprint density at radius 2 is 2.03 bits per heavy atom. The largest absolute Gasteiger partial charge is 0.461 e. The molecule has 5 nitrogen and oxygen atoms in total. The number of ether oxygens (including phenoxy) is 1. The lowest BCUT2D eigenvalue weighted by Gasteiger charge is -2.33. The van der Waals surface area contributed by atoms with Crippen molar-refractivity contribution in [1.29, 1.82) is 0 Å². The fraction of sp³-hybridized carbons (Fsp3) is 0.565. The molecule has 1 N–H and O–H groups in total. The molecular formula is C23H30ClN3O2. The summed E-state index contributed by atoms with van der Waals surface area (Å²) in [6, 6.07) is 8.13. The van der Waals surface area contributed by atoms with Crippen LogP contribution in [0.25, 0.3) is 11.3 Å². The molecular weight excluding hydrogens is 386 g/mol. The maximum absolute atomic E-state index is 12.9. The van der Waals surface area contributed by atoms with E-state index in [2.05, 4.69) is 38.7 Å². The third-order valence-corrected chi connectivity index (χ3v) is 6.77. The first-order chi connectivity index (χ1) is 14.1. The molecule has 3 atom stereocenters. The molecule has 2 aromatic rings. The van der Waals surface area contributed by atoms with Crippen LogP contribution in [0.5, 0.6) is 0 Å². The van der Waals surface area contributed by atoms with Gasteiger partial charge in [-0.3, -0.25) is 4.79 Å². The molecule has 1 saturated carbocycles. The lowest BCUT2D eigenvalue weighted by atomic mass is 9.82. The fourth-order valence-electron chi connectivity index (χ4n) is 4.90. The van der Waals surface area contributed by atoms with Crippen molar-refractivity contribution in [3.8, 4) is 11.3 Å². The average Bonchev–Trinajstić information content (AvgIpc) is 3.31. The minimum absolute atomic E-state index is 0.0689. The predicted molar refractivity (Wildman–Crippen MR) is 114 cm³/mol. The van der Waals surface area contributed by atoms with E-state index in [0.29, 0.717) is 5.92 Å². The number of benzene rings is 1. The number of fused-ring (bicyclic) bond motifs is 3. The number of hydrogen-bond acceptors (Lipinski definition) is 4. The molecule has 4 rings (SSSR count). The normalized spacial score (nSPS) is 20.9. The lowest BCUT2D eigenvalue weighted by Crippen LogP contribution is -2.41. The Labute approximate surface area is 177 Å². The van der Waals surface area contributed by atoms with Gasteiger partial charge in [0.1, 0.15) is 12.1 Å². The van der Waals surface area contributed by atoms with Gasteiger partial charge in [0.05, 0.1) is 24.3 Å². The van der Waals surface area contributed by atoms with E-state index in [1.54, 1.807) is 0 Å². The van der Waals surface area contributed by atoms with E-state index in [4.69, 9.17) is 16.5 Å². The molecule has 1 aliphatic carbocycles. The van der Waals surface area contributed by atoms with Crippen molar-refractivity contribution in [3.63, 3.8) is 0 Å². The fourth-order valence-corrected chi connectivity index (χ4v) is 5.24. The van der Waals surface area contributed by atoms with Crippen molar-refractivity contribution >= 4 is 17.7 Å². The maximum Gasteiger partial charge on any atom is 0.324 e. The molecule has 29 heavy (non-hydrogen) atoms. The van der Waals surface area contributed by atoms with Gasteiger partial charge in [-0.1, -0.05) is 57.4 Å². The van der Waals surface area contributed by atoms with Crippen LogP contribution in [0.1, 0.15) is 64.0 Å². The summed E-state index contributed by atoms with van der Waals surface area (Å²) in [4.78, 5) is 19.9. The number of nitrogens with one attached hydrogen (secondary N) is 1. The molecule has 1 aliphatic heterocycles. The molecule has 3 unspecified atom stereocenters. The first-order valence-corrected chi connectivity index (χ1v) is 11.2. The Morgan fingerprint density at radius 3 is 2.76 bits per heavy atom. The maximum atomic E-state index is 12.9. The van der Waals surface area contributed by atoms with E-state index in [-0.39, 0.29) is 24.0 Å². The number of aromatic nitrogens is 2. The molecule has 0 spiro atoms. The van der Waals surface area contributed by atoms with Gasteiger partial charge in [-0.05, 0) is 42.0 Å². The number of halogens is 1. The Bertz CT molecular complexity index is 844. The highest BCUT2D eigenvalue weighted by Gasteiger charge is 2.36. The molecule has 156 valence electrons. The Kier molecular flexibility index (Phi) is 6.26. The third kappa shape index (κ3) is 4.08. The SMILES string of the molecule is CC(C)C(NCl)C(=O)OC(CC1c2ccccc2-c2cncn21)C1CCCCC1. The topological polar surface area (TPSA) is 56.1 Å². The van der Waals surface area contributed by atoms with Crippen LogP contribution in [0, 0.1) is 11.8 Å². The average molecular weight is 416 g/mol. The van der Waals surface area contributed by atoms with E-state index >= 15 is 0 Å². The van der Waals surface area contributed by atoms with Crippen molar-refractivity contribution in [2.45, 2.75) is 70.6 Å². The molecule has 1 fully saturated rings. The van der Waals surface area contributed by atoms with Crippen LogP contribution < -0.4 is 4.84 Å². The smallest absolute Gasteiger partial charge is 0.324 e. The second-order valence-corrected chi connectivity index (χ2v) is 8.95. The minimum atomic E-state index is -0.498. The zero-order chi connectivity index (χ0) is 20.4. The van der Waals surface area contributed by atoms with Gasteiger partial charge in [0.15, 0.2) is 0 Å². The van der Waals surface area contributed by atoms with Gasteiger partial charge in [0, 0.05) is 12.0 Å². The molecule has 0 amide bonds. The number of imidazole rings is 1. The van der Waals surface area contributed by atoms with Gasteiger partial charge >= 0.3 is 5.97 Å². The van der Waals surface area contributed by atoms with Crippen molar-refractivity contribution in [3.05, 3.63) is 42.4 Å². The highest BCUT2D eigenvalue weighted by Crippen LogP contribution is 2.43. The van der Waals surface area contributed by atoms with Gasteiger partial charge in [0.2, 0.25) is 0 Å². The molecule has 1 aromatic heterocycles. The van der Waals surface area contributed by atoms with Gasteiger partial charge in [-0.25, -0.2) is 9.82 Å². The summed E-state index contributed by atoms with van der Waals surface area (Å²) in [5.41, 5.74) is 3.66. The van der Waals surface area contributed by atoms with E-state index in [0.717, 1.165) is 25.0 Å². The first kappa shape index (κ1) is 20.4. The van der Waals surface area contributed by atoms with Crippen LogP contribution >= 0.6 is 11.8 Å². The van der Waals surface area contributed by atoms with Crippen molar-refractivity contribution in [2.24, 2.45) is 11.8 Å². The first-order valence-electron chi connectivity index (χ1n) is 10.8. The summed E-state index contributed by atoms with van der Waals surface area (Å²) in [7, 11) is 0. The highest BCUT2D eigenvalue weighted by molar-refractivity contribution is 6.14. The minimum Gasteiger partial charge on any atom is -0.461 e. The van der Waals surface area contributed by atoms with E-state index < -0.39 is 6.04 Å². The summed E-state index contributed by atoms with van der Waals surface area (Å²) in [6.45, 7) is 3.95. The Balaban J connectivity index is 1.60. The number of rotatable bonds is 7. The summed E-state index contributed by atoms with van der Waals surface area (Å²) in [5, 5.41) is 0. The molecule has 0 radical (unpaired) electrons. The van der Waals surface area contributed by atoms with Gasteiger partial charge in [0.25, 0.3) is 0 Å². The van der Waals surface area contributed by atoms with E-state index in [1.165, 1.54) is 30.4 Å². The zero-order valence-electron chi connectivity index (χ0n) is 17.2. The monoisotopic (exact) mass is 415 g/mol. The van der Waals surface area contributed by atoms with Crippen LogP contribution in [0.2, 0.25) is 0 Å². The summed E-state index contributed by atoms with van der Waals surface area (Å²) >= 11 is 5.85. The molecule has 6 heteroatoms. The molecule has 1 aromatic carbocycles. The highest BCUT2D eigenvalue weighted by atomic mass is 35.5. The third-order valence-electron chi connectivity index (χ3n) is 6.53.